The van der Waals surface area contributed by atoms with Crippen molar-refractivity contribution in [2.45, 2.75) is 51.0 Å². The quantitative estimate of drug-likeness (QED) is 0.861. The lowest BCUT2D eigenvalue weighted by atomic mass is 10.1. The number of nitrogens with zero attached hydrogens (tertiary/aromatic N) is 5. The van der Waals surface area contributed by atoms with E-state index in [-0.39, 0.29) is 23.8 Å². The molecule has 1 saturated heterocycles. The molecule has 24 heavy (non-hydrogen) atoms. The summed E-state index contributed by atoms with van der Waals surface area (Å²) in [5.74, 6) is 2.11. The van der Waals surface area contributed by atoms with Crippen LogP contribution < -0.4 is 0 Å². The Labute approximate surface area is 141 Å². The lowest BCUT2D eigenvalue weighted by Gasteiger charge is -2.22. The van der Waals surface area contributed by atoms with Gasteiger partial charge in [0.15, 0.2) is 5.82 Å². The van der Waals surface area contributed by atoms with Crippen molar-refractivity contribution >= 4 is 5.91 Å². The summed E-state index contributed by atoms with van der Waals surface area (Å²) >= 11 is 0. The summed E-state index contributed by atoms with van der Waals surface area (Å²) in [4.78, 5) is 19.4. The molecule has 0 bridgehead atoms. The van der Waals surface area contributed by atoms with E-state index in [1.807, 2.05) is 38.2 Å². The van der Waals surface area contributed by atoms with Crippen LogP contribution in [-0.2, 0) is 11.8 Å². The molecular weight excluding hydrogens is 306 g/mol. The van der Waals surface area contributed by atoms with Gasteiger partial charge in [0.25, 0.3) is 0 Å². The molecule has 0 radical (unpaired) electrons. The van der Waals surface area contributed by atoms with Gasteiger partial charge in [0.1, 0.15) is 0 Å². The maximum absolute atomic E-state index is 12.9. The van der Waals surface area contributed by atoms with E-state index in [9.17, 15) is 4.79 Å². The van der Waals surface area contributed by atoms with Crippen LogP contribution in [0.5, 0.6) is 0 Å². The van der Waals surface area contributed by atoms with Crippen molar-refractivity contribution in [1.29, 1.82) is 0 Å². The molecular formula is C17H23N5O2. The Hall–Kier alpha value is -2.18. The van der Waals surface area contributed by atoms with E-state index in [1.54, 1.807) is 4.68 Å². The van der Waals surface area contributed by atoms with Crippen molar-refractivity contribution in [3.8, 4) is 0 Å². The number of hydrogen-bond acceptors (Lipinski definition) is 5. The molecule has 1 amide bonds. The molecule has 0 N–H and O–H groups in total. The fraction of sp³-hybridized carbons (Fsp3) is 0.647. The van der Waals surface area contributed by atoms with E-state index in [0.717, 1.165) is 31.4 Å². The maximum Gasteiger partial charge on any atom is 0.229 e. The second-order valence-corrected chi connectivity index (χ2v) is 7.23. The Balaban J connectivity index is 1.47. The zero-order chi connectivity index (χ0) is 16.8. The van der Waals surface area contributed by atoms with E-state index in [1.165, 1.54) is 0 Å². The third-order valence-electron chi connectivity index (χ3n) is 5.05. The van der Waals surface area contributed by atoms with Gasteiger partial charge >= 0.3 is 0 Å². The third-order valence-corrected chi connectivity index (χ3v) is 5.05. The minimum absolute atomic E-state index is 0.0381. The smallest absolute Gasteiger partial charge is 0.229 e. The topological polar surface area (TPSA) is 77.1 Å². The summed E-state index contributed by atoms with van der Waals surface area (Å²) in [5.41, 5.74) is 1.16. The number of likely N-dealkylation sites (tertiary alicyclic amines) is 1. The number of aromatic nitrogens is 4. The average molecular weight is 329 g/mol. The molecule has 2 aromatic heterocycles. The van der Waals surface area contributed by atoms with Gasteiger partial charge in [-0.1, -0.05) is 19.0 Å². The Morgan fingerprint density at radius 1 is 1.42 bits per heavy atom. The van der Waals surface area contributed by atoms with Crippen LogP contribution in [0.4, 0.5) is 0 Å². The van der Waals surface area contributed by atoms with Gasteiger partial charge in [-0.3, -0.25) is 9.48 Å². The van der Waals surface area contributed by atoms with Crippen LogP contribution in [0.2, 0.25) is 0 Å². The van der Waals surface area contributed by atoms with Crippen molar-refractivity contribution in [2.24, 2.45) is 13.0 Å². The minimum Gasteiger partial charge on any atom is -0.339 e. The number of rotatable bonds is 4. The predicted octanol–water partition coefficient (Wildman–Crippen LogP) is 2.39. The molecule has 2 aliphatic rings. The van der Waals surface area contributed by atoms with Crippen LogP contribution in [0.15, 0.2) is 16.9 Å². The van der Waals surface area contributed by atoms with Crippen LogP contribution in [0.1, 0.15) is 68.3 Å². The fourth-order valence-electron chi connectivity index (χ4n) is 3.60. The van der Waals surface area contributed by atoms with Crippen molar-refractivity contribution in [2.75, 3.05) is 6.54 Å². The second kappa shape index (κ2) is 5.72. The highest BCUT2D eigenvalue weighted by Crippen LogP contribution is 2.49. The molecule has 7 heteroatoms. The van der Waals surface area contributed by atoms with E-state index >= 15 is 0 Å². The molecule has 1 saturated carbocycles. The van der Waals surface area contributed by atoms with E-state index in [4.69, 9.17) is 4.52 Å². The molecule has 0 unspecified atom stereocenters. The summed E-state index contributed by atoms with van der Waals surface area (Å²) in [6.07, 6.45) is 6.69. The molecule has 7 nitrogen and oxygen atoms in total. The van der Waals surface area contributed by atoms with Gasteiger partial charge in [0.2, 0.25) is 11.8 Å². The highest BCUT2D eigenvalue weighted by molar-refractivity contribution is 5.83. The van der Waals surface area contributed by atoms with Gasteiger partial charge in [-0.2, -0.15) is 10.1 Å². The van der Waals surface area contributed by atoms with E-state index in [0.29, 0.717) is 17.6 Å². The van der Waals surface area contributed by atoms with Gasteiger partial charge in [-0.15, -0.1) is 0 Å². The van der Waals surface area contributed by atoms with Gasteiger partial charge < -0.3 is 9.42 Å². The lowest BCUT2D eigenvalue weighted by Crippen LogP contribution is -2.32. The molecule has 0 aromatic carbocycles. The third kappa shape index (κ3) is 2.61. The first-order chi connectivity index (χ1) is 11.5. The number of amides is 1. The van der Waals surface area contributed by atoms with Crippen molar-refractivity contribution in [3.63, 3.8) is 0 Å². The molecule has 1 aliphatic carbocycles. The Morgan fingerprint density at radius 3 is 2.92 bits per heavy atom. The zero-order valence-electron chi connectivity index (χ0n) is 14.3. The van der Waals surface area contributed by atoms with Crippen LogP contribution in [0.3, 0.4) is 0 Å². The van der Waals surface area contributed by atoms with Gasteiger partial charge in [-0.25, -0.2) is 0 Å². The normalized spacial score (nSPS) is 26.3. The molecule has 4 rings (SSSR count). The first-order valence-electron chi connectivity index (χ1n) is 8.67. The predicted molar refractivity (Wildman–Crippen MR) is 86.1 cm³/mol. The molecule has 2 aromatic rings. The zero-order valence-corrected chi connectivity index (χ0v) is 14.3. The Bertz CT molecular complexity index is 750. The number of aryl methyl sites for hydroxylation is 1. The maximum atomic E-state index is 12.9. The van der Waals surface area contributed by atoms with Crippen LogP contribution in [-0.4, -0.2) is 37.3 Å². The summed E-state index contributed by atoms with van der Waals surface area (Å²) in [6.45, 7) is 4.83. The molecule has 128 valence electrons. The van der Waals surface area contributed by atoms with Gasteiger partial charge in [0.05, 0.1) is 12.2 Å². The first kappa shape index (κ1) is 15.4. The highest BCUT2D eigenvalue weighted by atomic mass is 16.5. The molecule has 0 spiro atoms. The monoisotopic (exact) mass is 329 g/mol. The van der Waals surface area contributed by atoms with Crippen molar-refractivity contribution in [1.82, 2.24) is 24.8 Å². The molecule has 2 fully saturated rings. The fourth-order valence-corrected chi connectivity index (χ4v) is 3.60. The van der Waals surface area contributed by atoms with Crippen LogP contribution in [0.25, 0.3) is 0 Å². The number of carbonyl (C=O) groups excluding carboxylic acids is 1. The molecule has 3 heterocycles. The Kier molecular flexibility index (Phi) is 3.66. The number of hydrogen-bond donors (Lipinski definition) is 0. The first-order valence-corrected chi connectivity index (χ1v) is 8.67. The molecule has 1 aliphatic heterocycles. The number of carbonyl (C=O) groups is 1. The summed E-state index contributed by atoms with van der Waals surface area (Å²) in [5, 5.41) is 8.33. The summed E-state index contributed by atoms with van der Waals surface area (Å²) < 4.78 is 7.12. The minimum atomic E-state index is -0.0381. The van der Waals surface area contributed by atoms with Crippen molar-refractivity contribution in [3.05, 3.63) is 29.7 Å². The van der Waals surface area contributed by atoms with E-state index in [2.05, 4.69) is 15.2 Å². The SMILES string of the molecule is CC(C)c1nc([C@@H]2CCCN2C(=O)[C@H]2C[C@@H]2c2cnn(C)c2)no1. The highest BCUT2D eigenvalue weighted by Gasteiger charge is 2.48. The van der Waals surface area contributed by atoms with E-state index < -0.39 is 0 Å². The standard InChI is InChI=1S/C17H23N5O2/c1-10(2)16-19-15(20-24-16)14-5-4-6-22(14)17(23)13-7-12(13)11-8-18-21(3)9-11/h8-10,12-14H,4-7H2,1-3H3/t12-,13+,14+/m1/s1. The van der Waals surface area contributed by atoms with Gasteiger partial charge in [0, 0.05) is 31.6 Å². The van der Waals surface area contributed by atoms with Gasteiger partial charge in [-0.05, 0) is 30.7 Å². The largest absolute Gasteiger partial charge is 0.339 e. The summed E-state index contributed by atoms with van der Waals surface area (Å²) in [7, 11) is 1.90. The summed E-state index contributed by atoms with van der Waals surface area (Å²) in [6, 6.07) is -0.0381. The second-order valence-electron chi connectivity index (χ2n) is 7.23. The lowest BCUT2D eigenvalue weighted by molar-refractivity contribution is -0.133. The van der Waals surface area contributed by atoms with Crippen molar-refractivity contribution < 1.29 is 9.32 Å². The Morgan fingerprint density at radius 2 is 2.25 bits per heavy atom. The van der Waals surface area contributed by atoms with Crippen LogP contribution >= 0.6 is 0 Å². The van der Waals surface area contributed by atoms with Crippen LogP contribution in [0, 0.1) is 5.92 Å². The molecule has 3 atom stereocenters. The average Bonchev–Trinajstić information content (AvgIpc) is 2.97.